The van der Waals surface area contributed by atoms with Crippen molar-refractivity contribution in [1.82, 2.24) is 10.2 Å². The molecule has 1 aliphatic heterocycles. The number of rotatable bonds is 3. The van der Waals surface area contributed by atoms with Crippen LogP contribution in [-0.2, 0) is 4.74 Å². The van der Waals surface area contributed by atoms with Crippen LogP contribution in [0.4, 0.5) is 23.0 Å². The molecule has 0 aliphatic carbocycles. The van der Waals surface area contributed by atoms with Crippen molar-refractivity contribution in [3.8, 4) is 6.07 Å². The second-order valence-corrected chi connectivity index (χ2v) is 4.74. The van der Waals surface area contributed by atoms with Crippen LogP contribution < -0.4 is 16.0 Å². The Labute approximate surface area is 122 Å². The van der Waals surface area contributed by atoms with Crippen molar-refractivity contribution in [2.75, 3.05) is 42.3 Å². The minimum absolute atomic E-state index is 0.268. The van der Waals surface area contributed by atoms with Gasteiger partial charge < -0.3 is 20.7 Å². The summed E-state index contributed by atoms with van der Waals surface area (Å²) in [6, 6.07) is 10.0. The van der Waals surface area contributed by atoms with Gasteiger partial charge in [-0.2, -0.15) is 10.4 Å². The molecule has 1 aromatic carbocycles. The number of aromatic amines is 1. The van der Waals surface area contributed by atoms with Gasteiger partial charge in [0.15, 0.2) is 5.82 Å². The van der Waals surface area contributed by atoms with Crippen LogP contribution in [0.3, 0.4) is 0 Å². The molecule has 0 atom stereocenters. The van der Waals surface area contributed by atoms with Crippen molar-refractivity contribution >= 4 is 23.0 Å². The molecular formula is C14H16N6O. The zero-order valence-electron chi connectivity index (χ0n) is 11.5. The summed E-state index contributed by atoms with van der Waals surface area (Å²) in [5, 5.41) is 18.7. The highest BCUT2D eigenvalue weighted by atomic mass is 16.5. The molecule has 0 amide bonds. The van der Waals surface area contributed by atoms with Gasteiger partial charge in [0.05, 0.1) is 13.2 Å². The summed E-state index contributed by atoms with van der Waals surface area (Å²) in [7, 11) is 0. The van der Waals surface area contributed by atoms with Crippen LogP contribution in [0.25, 0.3) is 0 Å². The third-order valence-corrected chi connectivity index (χ3v) is 3.41. The zero-order chi connectivity index (χ0) is 14.7. The number of nitrogens with one attached hydrogen (secondary N) is 2. The Bertz CT molecular complexity index is 651. The molecule has 4 N–H and O–H groups in total. The highest BCUT2D eigenvalue weighted by Crippen LogP contribution is 2.24. The average Bonchev–Trinajstić information content (AvgIpc) is 2.89. The molecule has 7 nitrogen and oxygen atoms in total. The van der Waals surface area contributed by atoms with Gasteiger partial charge in [-0.1, -0.05) is 0 Å². The number of hydrogen-bond acceptors (Lipinski definition) is 6. The Kier molecular flexibility index (Phi) is 3.62. The lowest BCUT2D eigenvalue weighted by Crippen LogP contribution is -2.36. The van der Waals surface area contributed by atoms with E-state index in [1.807, 2.05) is 30.3 Å². The van der Waals surface area contributed by atoms with Crippen LogP contribution in [-0.4, -0.2) is 36.5 Å². The molecule has 7 heteroatoms. The maximum atomic E-state index is 9.03. The van der Waals surface area contributed by atoms with Gasteiger partial charge in [0.2, 0.25) is 0 Å². The van der Waals surface area contributed by atoms with E-state index in [1.165, 1.54) is 0 Å². The number of ether oxygens (including phenoxy) is 1. The second kappa shape index (κ2) is 5.73. The molecule has 1 aliphatic rings. The Morgan fingerprint density at radius 3 is 2.67 bits per heavy atom. The van der Waals surface area contributed by atoms with E-state index >= 15 is 0 Å². The van der Waals surface area contributed by atoms with Crippen LogP contribution in [0.5, 0.6) is 0 Å². The quantitative estimate of drug-likeness (QED) is 0.788. The van der Waals surface area contributed by atoms with Crippen LogP contribution in [0.15, 0.2) is 24.3 Å². The molecule has 108 valence electrons. The predicted octanol–water partition coefficient (Wildman–Crippen LogP) is 1.44. The first-order valence-electron chi connectivity index (χ1n) is 6.71. The first kappa shape index (κ1) is 13.3. The van der Waals surface area contributed by atoms with E-state index in [0.29, 0.717) is 11.4 Å². The number of nitrogens with two attached hydrogens (primary N) is 1. The van der Waals surface area contributed by atoms with E-state index in [-0.39, 0.29) is 5.82 Å². The maximum Gasteiger partial charge on any atom is 0.172 e. The minimum atomic E-state index is 0.268. The summed E-state index contributed by atoms with van der Waals surface area (Å²) in [6.07, 6.45) is 0. The Hall–Kier alpha value is -2.72. The molecule has 2 heterocycles. The number of anilines is 4. The SMILES string of the molecule is N#Cc1c(Nc2ccc(N3CCOCC3)cc2)n[nH]c1N. The summed E-state index contributed by atoms with van der Waals surface area (Å²) < 4.78 is 5.34. The normalized spacial score (nSPS) is 14.7. The molecule has 0 radical (unpaired) electrons. The first-order chi connectivity index (χ1) is 10.3. The molecule has 0 unspecified atom stereocenters. The lowest BCUT2D eigenvalue weighted by atomic mass is 10.2. The standard InChI is InChI=1S/C14H16N6O/c15-9-12-13(16)18-19-14(12)17-10-1-3-11(4-2-10)20-5-7-21-8-6-20/h1-4H,5-8H2,(H4,16,17,18,19). The zero-order valence-corrected chi connectivity index (χ0v) is 11.5. The van der Waals surface area contributed by atoms with E-state index < -0.39 is 0 Å². The van der Waals surface area contributed by atoms with Crippen LogP contribution >= 0.6 is 0 Å². The van der Waals surface area contributed by atoms with Crippen molar-refractivity contribution < 1.29 is 4.74 Å². The van der Waals surface area contributed by atoms with Crippen molar-refractivity contribution in [3.05, 3.63) is 29.8 Å². The van der Waals surface area contributed by atoms with Crippen LogP contribution in [0.2, 0.25) is 0 Å². The fourth-order valence-corrected chi connectivity index (χ4v) is 2.27. The van der Waals surface area contributed by atoms with Gasteiger partial charge in [-0.15, -0.1) is 0 Å². The molecule has 0 saturated carbocycles. The lowest BCUT2D eigenvalue weighted by molar-refractivity contribution is 0.122. The van der Waals surface area contributed by atoms with Gasteiger partial charge in [0.1, 0.15) is 17.5 Å². The number of morpholine rings is 1. The number of aromatic nitrogens is 2. The summed E-state index contributed by atoms with van der Waals surface area (Å²) in [6.45, 7) is 3.33. The fraction of sp³-hybridized carbons (Fsp3) is 0.286. The smallest absolute Gasteiger partial charge is 0.172 e. The van der Waals surface area contributed by atoms with Crippen molar-refractivity contribution in [1.29, 1.82) is 5.26 Å². The Morgan fingerprint density at radius 2 is 2.00 bits per heavy atom. The number of nitrogen functional groups attached to an aromatic ring is 1. The van der Waals surface area contributed by atoms with E-state index in [4.69, 9.17) is 15.7 Å². The molecule has 1 fully saturated rings. The Morgan fingerprint density at radius 1 is 1.29 bits per heavy atom. The summed E-state index contributed by atoms with van der Waals surface area (Å²) in [5.74, 6) is 0.707. The maximum absolute atomic E-state index is 9.03. The topological polar surface area (TPSA) is 103 Å². The molecule has 0 bridgehead atoms. The van der Waals surface area contributed by atoms with Crippen molar-refractivity contribution in [2.45, 2.75) is 0 Å². The molecular weight excluding hydrogens is 268 g/mol. The van der Waals surface area contributed by atoms with Crippen LogP contribution in [0, 0.1) is 11.3 Å². The van der Waals surface area contributed by atoms with Gasteiger partial charge in [0.25, 0.3) is 0 Å². The van der Waals surface area contributed by atoms with Gasteiger partial charge >= 0.3 is 0 Å². The highest BCUT2D eigenvalue weighted by Gasteiger charge is 2.12. The lowest BCUT2D eigenvalue weighted by Gasteiger charge is -2.28. The summed E-state index contributed by atoms with van der Waals surface area (Å²) >= 11 is 0. The minimum Gasteiger partial charge on any atom is -0.383 e. The number of benzene rings is 1. The van der Waals surface area contributed by atoms with Crippen molar-refractivity contribution in [2.24, 2.45) is 0 Å². The molecule has 2 aromatic rings. The summed E-state index contributed by atoms with van der Waals surface area (Å²) in [4.78, 5) is 2.28. The van der Waals surface area contributed by atoms with E-state index in [9.17, 15) is 0 Å². The summed E-state index contributed by atoms with van der Waals surface area (Å²) in [5.41, 5.74) is 7.97. The van der Waals surface area contributed by atoms with Gasteiger partial charge in [-0.25, -0.2) is 0 Å². The molecule has 1 aromatic heterocycles. The number of nitriles is 1. The van der Waals surface area contributed by atoms with Gasteiger partial charge in [-0.3, -0.25) is 5.10 Å². The Balaban J connectivity index is 1.73. The van der Waals surface area contributed by atoms with E-state index in [0.717, 1.165) is 37.7 Å². The van der Waals surface area contributed by atoms with E-state index in [2.05, 4.69) is 20.4 Å². The second-order valence-electron chi connectivity index (χ2n) is 4.74. The largest absolute Gasteiger partial charge is 0.383 e. The third kappa shape index (κ3) is 2.75. The number of nitrogens with zero attached hydrogens (tertiary/aromatic N) is 3. The van der Waals surface area contributed by atoms with Crippen LogP contribution in [0.1, 0.15) is 5.56 Å². The molecule has 0 spiro atoms. The fourth-order valence-electron chi connectivity index (χ4n) is 2.27. The number of hydrogen-bond donors (Lipinski definition) is 3. The van der Waals surface area contributed by atoms with Gasteiger partial charge in [0, 0.05) is 24.5 Å². The monoisotopic (exact) mass is 284 g/mol. The average molecular weight is 284 g/mol. The number of H-pyrrole nitrogens is 1. The van der Waals surface area contributed by atoms with Crippen molar-refractivity contribution in [3.63, 3.8) is 0 Å². The molecule has 3 rings (SSSR count). The first-order valence-corrected chi connectivity index (χ1v) is 6.71. The third-order valence-electron chi connectivity index (χ3n) is 3.41. The van der Waals surface area contributed by atoms with E-state index in [1.54, 1.807) is 0 Å². The van der Waals surface area contributed by atoms with Gasteiger partial charge in [-0.05, 0) is 24.3 Å². The molecule has 21 heavy (non-hydrogen) atoms. The predicted molar refractivity (Wildman–Crippen MR) is 80.5 cm³/mol. The molecule has 1 saturated heterocycles. The highest BCUT2D eigenvalue weighted by molar-refractivity contribution is 5.69.